The monoisotopic (exact) mass is 323 g/mol. The summed E-state index contributed by atoms with van der Waals surface area (Å²) in [6.07, 6.45) is 2.10. The molecule has 1 aliphatic heterocycles. The van der Waals surface area contributed by atoms with Gasteiger partial charge in [0.25, 0.3) is 0 Å². The SMILES string of the molecule is O=C(Nc1nccs1)C1CCN1S(=O)(=O)c1ccccc1. The van der Waals surface area contributed by atoms with Gasteiger partial charge in [-0.15, -0.1) is 11.3 Å². The van der Waals surface area contributed by atoms with E-state index in [4.69, 9.17) is 0 Å². The Kier molecular flexibility index (Phi) is 3.75. The molecule has 110 valence electrons. The van der Waals surface area contributed by atoms with E-state index in [1.165, 1.54) is 27.8 Å². The van der Waals surface area contributed by atoms with Crippen LogP contribution in [-0.4, -0.2) is 36.2 Å². The Morgan fingerprint density at radius 2 is 2.10 bits per heavy atom. The first-order chi connectivity index (χ1) is 10.1. The second-order valence-electron chi connectivity index (χ2n) is 4.56. The third-order valence-electron chi connectivity index (χ3n) is 3.29. The number of hydrogen-bond acceptors (Lipinski definition) is 5. The maximum Gasteiger partial charge on any atom is 0.244 e. The van der Waals surface area contributed by atoms with Gasteiger partial charge < -0.3 is 5.32 Å². The van der Waals surface area contributed by atoms with E-state index in [1.54, 1.807) is 29.8 Å². The normalized spacial score (nSPS) is 19.0. The molecule has 1 unspecified atom stereocenters. The van der Waals surface area contributed by atoms with Crippen LogP contribution < -0.4 is 5.32 Å². The van der Waals surface area contributed by atoms with Gasteiger partial charge in [0, 0.05) is 18.1 Å². The number of nitrogens with one attached hydrogen (secondary N) is 1. The van der Waals surface area contributed by atoms with Crippen LogP contribution >= 0.6 is 11.3 Å². The number of amides is 1. The number of thiazole rings is 1. The van der Waals surface area contributed by atoms with Gasteiger partial charge in [-0.1, -0.05) is 18.2 Å². The highest BCUT2D eigenvalue weighted by Gasteiger charge is 2.42. The minimum atomic E-state index is -3.62. The number of aromatic nitrogens is 1. The average molecular weight is 323 g/mol. The first-order valence-electron chi connectivity index (χ1n) is 6.36. The summed E-state index contributed by atoms with van der Waals surface area (Å²) in [5.41, 5.74) is 0. The van der Waals surface area contributed by atoms with Crippen LogP contribution in [-0.2, 0) is 14.8 Å². The van der Waals surface area contributed by atoms with Crippen molar-refractivity contribution in [1.82, 2.24) is 9.29 Å². The molecule has 0 saturated carbocycles. The zero-order chi connectivity index (χ0) is 14.9. The van der Waals surface area contributed by atoms with Crippen LogP contribution in [0.25, 0.3) is 0 Å². The van der Waals surface area contributed by atoms with Gasteiger partial charge in [-0.05, 0) is 18.6 Å². The molecule has 2 heterocycles. The predicted octanol–water partition coefficient (Wildman–Crippen LogP) is 1.54. The second-order valence-corrected chi connectivity index (χ2v) is 7.34. The number of carbonyl (C=O) groups excluding carboxylic acids is 1. The largest absolute Gasteiger partial charge is 0.301 e. The van der Waals surface area contributed by atoms with Crippen molar-refractivity contribution in [3.63, 3.8) is 0 Å². The van der Waals surface area contributed by atoms with E-state index in [9.17, 15) is 13.2 Å². The molecule has 1 N–H and O–H groups in total. The van der Waals surface area contributed by atoms with Crippen LogP contribution in [0.3, 0.4) is 0 Å². The number of sulfonamides is 1. The Morgan fingerprint density at radius 1 is 1.33 bits per heavy atom. The molecule has 1 aliphatic rings. The number of anilines is 1. The minimum Gasteiger partial charge on any atom is -0.301 e. The molecular formula is C13H13N3O3S2. The van der Waals surface area contributed by atoms with Crippen molar-refractivity contribution in [2.24, 2.45) is 0 Å². The van der Waals surface area contributed by atoms with E-state index in [0.717, 1.165) is 0 Å². The second kappa shape index (κ2) is 5.55. The lowest BCUT2D eigenvalue weighted by atomic mass is 10.1. The van der Waals surface area contributed by atoms with Gasteiger partial charge in [0.15, 0.2) is 5.13 Å². The van der Waals surface area contributed by atoms with Gasteiger partial charge in [0.1, 0.15) is 6.04 Å². The molecule has 21 heavy (non-hydrogen) atoms. The van der Waals surface area contributed by atoms with Gasteiger partial charge >= 0.3 is 0 Å². The molecule has 1 aromatic heterocycles. The zero-order valence-electron chi connectivity index (χ0n) is 11.0. The quantitative estimate of drug-likeness (QED) is 0.926. The van der Waals surface area contributed by atoms with Crippen molar-refractivity contribution >= 4 is 32.4 Å². The Bertz CT molecular complexity index is 729. The topological polar surface area (TPSA) is 79.4 Å². The molecule has 0 aliphatic carbocycles. The maximum atomic E-state index is 12.5. The predicted molar refractivity (Wildman–Crippen MR) is 79.5 cm³/mol. The van der Waals surface area contributed by atoms with E-state index in [1.807, 2.05) is 0 Å². The van der Waals surface area contributed by atoms with E-state index in [2.05, 4.69) is 10.3 Å². The van der Waals surface area contributed by atoms with Crippen molar-refractivity contribution in [3.05, 3.63) is 41.9 Å². The Balaban J connectivity index is 1.76. The fourth-order valence-corrected chi connectivity index (χ4v) is 4.30. The summed E-state index contributed by atoms with van der Waals surface area (Å²) < 4.78 is 26.2. The van der Waals surface area contributed by atoms with Gasteiger partial charge in [0.05, 0.1) is 4.90 Å². The molecule has 0 radical (unpaired) electrons. The summed E-state index contributed by atoms with van der Waals surface area (Å²) in [4.78, 5) is 16.3. The highest BCUT2D eigenvalue weighted by Crippen LogP contribution is 2.27. The lowest BCUT2D eigenvalue weighted by molar-refractivity contribution is -0.122. The van der Waals surface area contributed by atoms with Crippen LogP contribution in [0.1, 0.15) is 6.42 Å². The number of carbonyl (C=O) groups is 1. The van der Waals surface area contributed by atoms with Gasteiger partial charge in [0.2, 0.25) is 15.9 Å². The van der Waals surface area contributed by atoms with Crippen molar-refractivity contribution in [3.8, 4) is 0 Å². The van der Waals surface area contributed by atoms with E-state index in [0.29, 0.717) is 18.1 Å². The van der Waals surface area contributed by atoms with Crippen molar-refractivity contribution in [1.29, 1.82) is 0 Å². The van der Waals surface area contributed by atoms with Gasteiger partial charge in [-0.2, -0.15) is 4.31 Å². The maximum absolute atomic E-state index is 12.5. The van der Waals surface area contributed by atoms with Crippen LogP contribution in [0.4, 0.5) is 5.13 Å². The van der Waals surface area contributed by atoms with Crippen LogP contribution in [0, 0.1) is 0 Å². The Morgan fingerprint density at radius 3 is 2.67 bits per heavy atom. The summed E-state index contributed by atoms with van der Waals surface area (Å²) in [6.45, 7) is 0.354. The first-order valence-corrected chi connectivity index (χ1v) is 8.68. The molecule has 1 saturated heterocycles. The minimum absolute atomic E-state index is 0.205. The highest BCUT2D eigenvalue weighted by molar-refractivity contribution is 7.89. The fourth-order valence-electron chi connectivity index (χ4n) is 2.11. The van der Waals surface area contributed by atoms with Crippen LogP contribution in [0.2, 0.25) is 0 Å². The van der Waals surface area contributed by atoms with E-state index in [-0.39, 0.29) is 10.8 Å². The summed E-state index contributed by atoms with van der Waals surface area (Å²) in [7, 11) is -3.62. The molecule has 0 bridgehead atoms. The molecular weight excluding hydrogens is 310 g/mol. The third-order valence-corrected chi connectivity index (χ3v) is 5.90. The molecule has 6 nitrogen and oxygen atoms in total. The summed E-state index contributed by atoms with van der Waals surface area (Å²) in [5.74, 6) is -0.337. The number of rotatable bonds is 4. The molecule has 1 fully saturated rings. The van der Waals surface area contributed by atoms with Gasteiger partial charge in [-0.25, -0.2) is 13.4 Å². The van der Waals surface area contributed by atoms with Crippen molar-refractivity contribution in [2.75, 3.05) is 11.9 Å². The van der Waals surface area contributed by atoms with E-state index >= 15 is 0 Å². The molecule has 1 aromatic carbocycles. The Hall–Kier alpha value is -1.77. The van der Waals surface area contributed by atoms with E-state index < -0.39 is 16.1 Å². The number of nitrogens with zero attached hydrogens (tertiary/aromatic N) is 2. The van der Waals surface area contributed by atoms with Gasteiger partial charge in [-0.3, -0.25) is 4.79 Å². The number of benzene rings is 1. The summed E-state index contributed by atoms with van der Waals surface area (Å²) in [5, 5.41) is 4.86. The first kappa shape index (κ1) is 14.2. The Labute approximate surface area is 126 Å². The summed E-state index contributed by atoms with van der Waals surface area (Å²) in [6, 6.07) is 7.47. The van der Waals surface area contributed by atoms with Crippen molar-refractivity contribution in [2.45, 2.75) is 17.4 Å². The number of hydrogen-bond donors (Lipinski definition) is 1. The standard InChI is InChI=1S/C13H13N3O3S2/c17-12(15-13-14-7-9-20-13)11-6-8-16(11)21(18,19)10-4-2-1-3-5-10/h1-5,7,9,11H,6,8H2,(H,14,15,17). The third kappa shape index (κ3) is 2.69. The molecule has 2 aromatic rings. The average Bonchev–Trinajstić information content (AvgIpc) is 2.90. The summed E-state index contributed by atoms with van der Waals surface area (Å²) >= 11 is 1.30. The lowest BCUT2D eigenvalue weighted by Gasteiger charge is -2.38. The van der Waals surface area contributed by atoms with Crippen LogP contribution in [0.15, 0.2) is 46.8 Å². The molecule has 1 atom stereocenters. The molecule has 8 heteroatoms. The van der Waals surface area contributed by atoms with Crippen LogP contribution in [0.5, 0.6) is 0 Å². The zero-order valence-corrected chi connectivity index (χ0v) is 12.6. The lowest BCUT2D eigenvalue weighted by Crippen LogP contribution is -2.56. The van der Waals surface area contributed by atoms with Crippen molar-refractivity contribution < 1.29 is 13.2 Å². The molecule has 0 spiro atoms. The smallest absolute Gasteiger partial charge is 0.244 e. The highest BCUT2D eigenvalue weighted by atomic mass is 32.2. The molecule has 3 rings (SSSR count). The molecule has 1 amide bonds. The fraction of sp³-hybridized carbons (Fsp3) is 0.231.